The summed E-state index contributed by atoms with van der Waals surface area (Å²) in [4.78, 5) is 24.2. The molecule has 0 aromatic heterocycles. The number of unbranched alkanes of at least 4 members (excludes halogenated alkanes) is 14. The molecular formula is C40H70O6. The van der Waals surface area contributed by atoms with Crippen LogP contribution in [0.2, 0.25) is 0 Å². The lowest BCUT2D eigenvalue weighted by molar-refractivity contribution is -0.161. The molecule has 266 valence electrons. The molecule has 6 heteroatoms. The van der Waals surface area contributed by atoms with Crippen LogP contribution in [-0.4, -0.2) is 47.6 Å². The van der Waals surface area contributed by atoms with Gasteiger partial charge in [-0.1, -0.05) is 153 Å². The first kappa shape index (κ1) is 43.8. The van der Waals surface area contributed by atoms with Gasteiger partial charge in [0.1, 0.15) is 6.61 Å². The van der Waals surface area contributed by atoms with Crippen LogP contribution in [0.15, 0.2) is 48.6 Å². The molecule has 0 bridgehead atoms. The van der Waals surface area contributed by atoms with Crippen LogP contribution in [0.25, 0.3) is 0 Å². The zero-order chi connectivity index (χ0) is 33.9. The molecule has 2 atom stereocenters. The Morgan fingerprint density at radius 2 is 1.28 bits per heavy atom. The van der Waals surface area contributed by atoms with E-state index in [-0.39, 0.29) is 25.6 Å². The maximum Gasteiger partial charge on any atom is 0.306 e. The molecule has 0 aliphatic rings. The minimum absolute atomic E-state index is 0.106. The lowest BCUT2D eigenvalue weighted by Crippen LogP contribution is -2.28. The minimum atomic E-state index is -0.820. The van der Waals surface area contributed by atoms with Crippen molar-refractivity contribution in [3.05, 3.63) is 48.6 Å². The van der Waals surface area contributed by atoms with Crippen molar-refractivity contribution in [3.63, 3.8) is 0 Å². The molecule has 0 rings (SSSR count). The Morgan fingerprint density at radius 3 is 1.93 bits per heavy atom. The average Bonchev–Trinajstić information content (AvgIpc) is 3.03. The summed E-state index contributed by atoms with van der Waals surface area (Å²) in [7, 11) is 0. The van der Waals surface area contributed by atoms with Gasteiger partial charge in [0.15, 0.2) is 6.10 Å². The van der Waals surface area contributed by atoms with Gasteiger partial charge in [0.25, 0.3) is 0 Å². The Labute approximate surface area is 282 Å². The van der Waals surface area contributed by atoms with Gasteiger partial charge in [0.2, 0.25) is 0 Å². The summed E-state index contributed by atoms with van der Waals surface area (Å²) in [5.41, 5.74) is 0. The summed E-state index contributed by atoms with van der Waals surface area (Å²) in [5, 5.41) is 19.5. The van der Waals surface area contributed by atoms with E-state index < -0.39 is 18.2 Å². The third-order valence-electron chi connectivity index (χ3n) is 7.88. The highest BCUT2D eigenvalue weighted by atomic mass is 16.6. The summed E-state index contributed by atoms with van der Waals surface area (Å²) in [6, 6.07) is 0. The predicted molar refractivity (Wildman–Crippen MR) is 193 cm³/mol. The Kier molecular flexibility index (Phi) is 32.5. The van der Waals surface area contributed by atoms with Crippen molar-refractivity contribution in [1.29, 1.82) is 0 Å². The molecule has 2 N–H and O–H groups in total. The lowest BCUT2D eigenvalue weighted by Gasteiger charge is -2.15. The Hall–Kier alpha value is -2.18. The van der Waals surface area contributed by atoms with E-state index in [0.29, 0.717) is 19.3 Å². The molecule has 0 saturated carbocycles. The smallest absolute Gasteiger partial charge is 0.306 e. The van der Waals surface area contributed by atoms with Crippen molar-refractivity contribution < 1.29 is 29.3 Å². The number of carbonyl (C=O) groups excluding carboxylic acids is 2. The second kappa shape index (κ2) is 34.2. The topological polar surface area (TPSA) is 93.1 Å². The van der Waals surface area contributed by atoms with E-state index in [2.05, 4.69) is 26.8 Å². The van der Waals surface area contributed by atoms with E-state index in [4.69, 9.17) is 9.47 Å². The molecule has 0 saturated heterocycles. The number of ether oxygens (including phenoxy) is 2. The van der Waals surface area contributed by atoms with E-state index in [1.54, 1.807) is 0 Å². The van der Waals surface area contributed by atoms with Crippen molar-refractivity contribution in [1.82, 2.24) is 0 Å². The number of allylic oxidation sites excluding steroid dienone is 6. The molecule has 0 amide bonds. The van der Waals surface area contributed by atoms with Crippen LogP contribution < -0.4 is 0 Å². The van der Waals surface area contributed by atoms with E-state index in [1.807, 2.05) is 42.5 Å². The van der Waals surface area contributed by atoms with Gasteiger partial charge >= 0.3 is 11.9 Å². The van der Waals surface area contributed by atoms with Crippen LogP contribution in [0, 0.1) is 5.92 Å². The highest BCUT2D eigenvalue weighted by Crippen LogP contribution is 2.14. The minimum Gasteiger partial charge on any atom is -0.462 e. The number of hydrogen-bond acceptors (Lipinski definition) is 6. The van der Waals surface area contributed by atoms with Gasteiger partial charge in [-0.3, -0.25) is 9.59 Å². The molecule has 0 aliphatic heterocycles. The van der Waals surface area contributed by atoms with Crippen LogP contribution in [0.5, 0.6) is 0 Å². The molecule has 0 heterocycles. The third-order valence-corrected chi connectivity index (χ3v) is 7.88. The number of hydrogen-bond donors (Lipinski definition) is 2. The monoisotopic (exact) mass is 647 g/mol. The highest BCUT2D eigenvalue weighted by Gasteiger charge is 2.16. The Balaban J connectivity index is 3.75. The summed E-state index contributed by atoms with van der Waals surface area (Å²) in [6.45, 7) is 6.31. The van der Waals surface area contributed by atoms with Gasteiger partial charge in [0.05, 0.1) is 12.7 Å². The number of aliphatic hydroxyl groups excluding tert-OH is 2. The fourth-order valence-electron chi connectivity index (χ4n) is 4.99. The van der Waals surface area contributed by atoms with Crippen molar-refractivity contribution in [3.8, 4) is 0 Å². The lowest BCUT2D eigenvalue weighted by atomic mass is 10.0. The van der Waals surface area contributed by atoms with Gasteiger partial charge in [-0.25, -0.2) is 0 Å². The zero-order valence-electron chi connectivity index (χ0n) is 29.8. The molecule has 0 spiro atoms. The van der Waals surface area contributed by atoms with Crippen molar-refractivity contribution in [2.24, 2.45) is 5.92 Å². The standard InChI is InChI=1S/C40H70O6/c1-4-5-6-7-14-20-25-30-37(42)31-26-21-16-13-18-23-28-33-40(44)46-38(34-41)35-45-39(43)32-27-22-17-12-10-8-9-11-15-19-24-29-36(2)3/h13-14,18,20-21,25-26,30,36-38,41-42H,4-12,15-17,19,22-24,27-29,31-35H2,1-3H3/b18-13+,20-14-,26-21-,30-25-/t37-,38-/m0/s1. The molecule has 0 aromatic rings. The quantitative estimate of drug-likeness (QED) is 0.0327. The predicted octanol–water partition coefficient (Wildman–Crippen LogP) is 10.3. The van der Waals surface area contributed by atoms with Gasteiger partial charge in [-0.15, -0.1) is 0 Å². The molecule has 0 aromatic carbocycles. The van der Waals surface area contributed by atoms with E-state index in [9.17, 15) is 19.8 Å². The van der Waals surface area contributed by atoms with Crippen LogP contribution in [-0.2, 0) is 19.1 Å². The fraction of sp³-hybridized carbons (Fsp3) is 0.750. The van der Waals surface area contributed by atoms with Gasteiger partial charge in [-0.05, 0) is 50.9 Å². The maximum absolute atomic E-state index is 12.1. The number of aliphatic hydroxyl groups is 2. The average molecular weight is 647 g/mol. The van der Waals surface area contributed by atoms with Crippen molar-refractivity contribution >= 4 is 11.9 Å². The number of carbonyl (C=O) groups is 2. The summed E-state index contributed by atoms with van der Waals surface area (Å²) in [5.74, 6) is 0.126. The molecular weight excluding hydrogens is 576 g/mol. The first-order chi connectivity index (χ1) is 22.4. The number of rotatable bonds is 32. The molecule has 0 unspecified atom stereocenters. The summed E-state index contributed by atoms with van der Waals surface area (Å²) >= 11 is 0. The molecule has 6 nitrogen and oxygen atoms in total. The van der Waals surface area contributed by atoms with Crippen LogP contribution in [0.4, 0.5) is 0 Å². The second-order valence-electron chi connectivity index (χ2n) is 13.0. The zero-order valence-corrected chi connectivity index (χ0v) is 29.8. The number of esters is 2. The van der Waals surface area contributed by atoms with Crippen molar-refractivity contribution in [2.75, 3.05) is 13.2 Å². The van der Waals surface area contributed by atoms with E-state index in [0.717, 1.165) is 44.4 Å². The fourth-order valence-corrected chi connectivity index (χ4v) is 4.99. The van der Waals surface area contributed by atoms with Gasteiger partial charge < -0.3 is 19.7 Å². The normalized spacial score (nSPS) is 13.5. The maximum atomic E-state index is 12.1. The van der Waals surface area contributed by atoms with E-state index in [1.165, 1.54) is 77.0 Å². The summed E-state index contributed by atoms with van der Waals surface area (Å²) < 4.78 is 10.5. The first-order valence-corrected chi connectivity index (χ1v) is 18.7. The molecule has 46 heavy (non-hydrogen) atoms. The van der Waals surface area contributed by atoms with Crippen LogP contribution >= 0.6 is 0 Å². The highest BCUT2D eigenvalue weighted by molar-refractivity contribution is 5.70. The van der Waals surface area contributed by atoms with Crippen molar-refractivity contribution in [2.45, 2.75) is 174 Å². The van der Waals surface area contributed by atoms with Crippen LogP contribution in [0.1, 0.15) is 162 Å². The molecule has 0 fully saturated rings. The SMILES string of the molecule is CCCCC/C=C\C=C/[C@H](O)C/C=C\C/C=C/CCCC(=O)O[C@@H](CO)COC(=O)CCCCCCCCCCCCCC(C)C. The third kappa shape index (κ3) is 33.2. The second-order valence-corrected chi connectivity index (χ2v) is 13.0. The molecule has 0 aliphatic carbocycles. The first-order valence-electron chi connectivity index (χ1n) is 18.7. The van der Waals surface area contributed by atoms with E-state index >= 15 is 0 Å². The largest absolute Gasteiger partial charge is 0.462 e. The van der Waals surface area contributed by atoms with Gasteiger partial charge in [0, 0.05) is 12.8 Å². The Morgan fingerprint density at radius 1 is 0.674 bits per heavy atom. The summed E-state index contributed by atoms with van der Waals surface area (Å²) in [6.07, 6.45) is 37.7. The molecule has 0 radical (unpaired) electrons. The van der Waals surface area contributed by atoms with Gasteiger partial charge in [-0.2, -0.15) is 0 Å². The van der Waals surface area contributed by atoms with Crippen LogP contribution in [0.3, 0.4) is 0 Å². The Bertz CT molecular complexity index is 813.